The molecule has 0 fully saturated rings. The number of carbonyl (C=O) groups excluding carboxylic acids is 1. The molecule has 0 saturated carbocycles. The summed E-state index contributed by atoms with van der Waals surface area (Å²) in [6.07, 6.45) is 2.83. The monoisotopic (exact) mass is 559 g/mol. The van der Waals surface area contributed by atoms with E-state index in [9.17, 15) is 14.0 Å². The summed E-state index contributed by atoms with van der Waals surface area (Å²) in [6, 6.07) is 10.9. The van der Waals surface area contributed by atoms with Gasteiger partial charge in [-0.25, -0.2) is 18.7 Å². The lowest BCUT2D eigenvalue weighted by Crippen LogP contribution is -2.31. The first kappa shape index (κ1) is 27.2. The second-order valence-electron chi connectivity index (χ2n) is 8.90. The van der Waals surface area contributed by atoms with Crippen LogP contribution < -0.4 is 25.1 Å². The number of benzene rings is 2. The van der Waals surface area contributed by atoms with Crippen LogP contribution in [0.5, 0.6) is 23.1 Å². The van der Waals surface area contributed by atoms with Crippen molar-refractivity contribution in [2.24, 2.45) is 0 Å². The average Bonchev–Trinajstić information content (AvgIpc) is 2.94. The molecule has 0 atom stereocenters. The van der Waals surface area contributed by atoms with Crippen LogP contribution in [0.2, 0.25) is 0 Å². The summed E-state index contributed by atoms with van der Waals surface area (Å²) in [7, 11) is 2.91. The van der Waals surface area contributed by atoms with E-state index in [1.165, 1.54) is 67.6 Å². The number of nitrogens with zero attached hydrogens (tertiary/aromatic N) is 4. The zero-order valence-corrected chi connectivity index (χ0v) is 22.4. The molecule has 5 aromatic rings. The Kier molecular flexibility index (Phi) is 7.30. The van der Waals surface area contributed by atoms with Crippen molar-refractivity contribution in [3.63, 3.8) is 0 Å². The van der Waals surface area contributed by atoms with Gasteiger partial charge in [-0.3, -0.25) is 19.1 Å². The fraction of sp³-hybridized carbons (Fsp3) is 0.138. The normalized spacial score (nSPS) is 10.9. The summed E-state index contributed by atoms with van der Waals surface area (Å²) in [5.74, 6) is -1.44. The van der Waals surface area contributed by atoms with Crippen LogP contribution in [0.15, 0.2) is 65.7 Å². The van der Waals surface area contributed by atoms with Crippen molar-refractivity contribution in [2.75, 3.05) is 19.5 Å². The van der Waals surface area contributed by atoms with E-state index in [1.807, 2.05) is 0 Å². The van der Waals surface area contributed by atoms with Gasteiger partial charge in [0.1, 0.15) is 11.3 Å². The minimum absolute atomic E-state index is 0.0651. The largest absolute Gasteiger partial charge is 0.491 e. The number of halogens is 2. The third-order valence-electron chi connectivity index (χ3n) is 6.18. The number of fused-ring (bicyclic) bond motifs is 1. The molecule has 10 nitrogen and oxygen atoms in total. The maximum absolute atomic E-state index is 15.1. The Morgan fingerprint density at radius 1 is 0.927 bits per heavy atom. The number of methoxy groups -OCH3 is 2. The molecule has 0 spiro atoms. The second-order valence-corrected chi connectivity index (χ2v) is 8.90. The van der Waals surface area contributed by atoms with E-state index in [4.69, 9.17) is 14.2 Å². The topological polar surface area (TPSA) is 117 Å². The van der Waals surface area contributed by atoms with Crippen molar-refractivity contribution < 1.29 is 27.8 Å². The van der Waals surface area contributed by atoms with Crippen molar-refractivity contribution in [1.82, 2.24) is 19.5 Å². The van der Waals surface area contributed by atoms with Crippen LogP contribution in [0.1, 0.15) is 21.7 Å². The summed E-state index contributed by atoms with van der Waals surface area (Å²) >= 11 is 0. The van der Waals surface area contributed by atoms with Gasteiger partial charge in [0.25, 0.3) is 17.3 Å². The molecule has 2 aromatic carbocycles. The van der Waals surface area contributed by atoms with Crippen LogP contribution in [0.4, 0.5) is 14.5 Å². The molecule has 0 aliphatic carbocycles. The highest BCUT2D eigenvalue weighted by Crippen LogP contribution is 2.35. The number of carbonyl (C=O) groups is 1. The van der Waals surface area contributed by atoms with Crippen molar-refractivity contribution >= 4 is 22.6 Å². The van der Waals surface area contributed by atoms with Gasteiger partial charge >= 0.3 is 0 Å². The highest BCUT2D eigenvalue weighted by Gasteiger charge is 2.19. The summed E-state index contributed by atoms with van der Waals surface area (Å²) in [4.78, 5) is 38.8. The van der Waals surface area contributed by atoms with Crippen LogP contribution in [-0.4, -0.2) is 39.6 Å². The molecule has 0 aliphatic rings. The average molecular weight is 560 g/mol. The quantitative estimate of drug-likeness (QED) is 0.292. The number of nitrogens with one attached hydrogen (secondary N) is 1. The molecule has 41 heavy (non-hydrogen) atoms. The van der Waals surface area contributed by atoms with Gasteiger partial charge in [-0.1, -0.05) is 0 Å². The number of aryl methyl sites for hydroxylation is 2. The van der Waals surface area contributed by atoms with E-state index < -0.39 is 28.8 Å². The third-order valence-corrected chi connectivity index (χ3v) is 6.18. The number of ether oxygens (including phenoxy) is 3. The van der Waals surface area contributed by atoms with Gasteiger partial charge < -0.3 is 19.5 Å². The van der Waals surface area contributed by atoms with Gasteiger partial charge in [-0.05, 0) is 49.7 Å². The molecule has 0 radical (unpaired) electrons. The Bertz CT molecular complexity index is 1880. The van der Waals surface area contributed by atoms with Crippen molar-refractivity contribution in [3.05, 3.63) is 99.9 Å². The number of hydrogen-bond acceptors (Lipinski definition) is 8. The van der Waals surface area contributed by atoms with Gasteiger partial charge in [0.2, 0.25) is 0 Å². The van der Waals surface area contributed by atoms with Gasteiger partial charge in [0.05, 0.1) is 25.4 Å². The number of aromatic nitrogens is 4. The molecular formula is C29H23F2N5O5. The standard InChI is InChI=1S/C29H23F2N5O5/c1-15-11-17(30)5-7-21(15)36-16(2)14-33-26(29(36)38)27(37)34-18-6-8-22(19(31)12-18)41-23-9-10-32-20-13-24(39-3)28(40-4)35-25(20)23/h5-14H,1-4H3,(H,34,37). The van der Waals surface area contributed by atoms with Gasteiger partial charge in [0.15, 0.2) is 28.8 Å². The van der Waals surface area contributed by atoms with Crippen molar-refractivity contribution in [1.29, 1.82) is 0 Å². The first-order valence-corrected chi connectivity index (χ1v) is 12.2. The van der Waals surface area contributed by atoms with Crippen LogP contribution >= 0.6 is 0 Å². The Morgan fingerprint density at radius 3 is 2.44 bits per heavy atom. The highest BCUT2D eigenvalue weighted by molar-refractivity contribution is 6.02. The third kappa shape index (κ3) is 5.26. The minimum Gasteiger partial charge on any atom is -0.491 e. The van der Waals surface area contributed by atoms with Crippen LogP contribution in [0.3, 0.4) is 0 Å². The molecule has 0 saturated heterocycles. The van der Waals surface area contributed by atoms with E-state index in [0.29, 0.717) is 33.7 Å². The Hall–Kier alpha value is -5.39. The number of amides is 1. The fourth-order valence-corrected chi connectivity index (χ4v) is 4.22. The fourth-order valence-electron chi connectivity index (χ4n) is 4.22. The van der Waals surface area contributed by atoms with Crippen LogP contribution in [-0.2, 0) is 0 Å². The predicted molar refractivity (Wildman–Crippen MR) is 146 cm³/mol. The number of anilines is 1. The summed E-state index contributed by atoms with van der Waals surface area (Å²) in [5, 5.41) is 2.49. The summed E-state index contributed by atoms with van der Waals surface area (Å²) in [5.41, 5.74) is 1.06. The van der Waals surface area contributed by atoms with Crippen LogP contribution in [0, 0.1) is 25.5 Å². The van der Waals surface area contributed by atoms with Gasteiger partial charge in [-0.15, -0.1) is 0 Å². The number of hydrogen-bond donors (Lipinski definition) is 1. The minimum atomic E-state index is -0.845. The Balaban J connectivity index is 1.41. The van der Waals surface area contributed by atoms with E-state index in [0.717, 1.165) is 6.07 Å². The maximum Gasteiger partial charge on any atom is 0.286 e. The lowest BCUT2D eigenvalue weighted by atomic mass is 10.2. The lowest BCUT2D eigenvalue weighted by molar-refractivity contribution is 0.102. The molecule has 1 N–H and O–H groups in total. The van der Waals surface area contributed by atoms with Crippen molar-refractivity contribution in [2.45, 2.75) is 13.8 Å². The molecule has 0 unspecified atom stereocenters. The predicted octanol–water partition coefficient (Wildman–Crippen LogP) is 5.13. The van der Waals surface area contributed by atoms with Crippen LogP contribution in [0.25, 0.3) is 16.7 Å². The number of rotatable bonds is 7. The zero-order chi connectivity index (χ0) is 29.3. The Labute approximate surface area is 232 Å². The molecule has 3 heterocycles. The molecule has 208 valence electrons. The van der Waals surface area contributed by atoms with E-state index in [-0.39, 0.29) is 23.1 Å². The maximum atomic E-state index is 15.1. The lowest BCUT2D eigenvalue weighted by Gasteiger charge is -2.14. The molecular weight excluding hydrogens is 536 g/mol. The van der Waals surface area contributed by atoms with Gasteiger partial charge in [0, 0.05) is 42.0 Å². The highest BCUT2D eigenvalue weighted by atomic mass is 19.1. The Morgan fingerprint density at radius 2 is 1.73 bits per heavy atom. The first-order valence-electron chi connectivity index (χ1n) is 12.2. The van der Waals surface area contributed by atoms with E-state index in [1.54, 1.807) is 19.9 Å². The molecule has 5 rings (SSSR count). The molecule has 0 aliphatic heterocycles. The summed E-state index contributed by atoms with van der Waals surface area (Å²) < 4.78 is 46.2. The summed E-state index contributed by atoms with van der Waals surface area (Å²) in [6.45, 7) is 3.29. The molecule has 0 bridgehead atoms. The molecule has 12 heteroatoms. The van der Waals surface area contributed by atoms with E-state index in [2.05, 4.69) is 20.3 Å². The SMILES string of the molecule is COc1cc2nccc(Oc3ccc(NC(=O)c4ncc(C)n(-c5ccc(F)cc5C)c4=O)cc3F)c2nc1OC. The zero-order valence-electron chi connectivity index (χ0n) is 22.4. The second kappa shape index (κ2) is 11.0. The van der Waals surface area contributed by atoms with Crippen molar-refractivity contribution in [3.8, 4) is 28.8 Å². The first-order chi connectivity index (χ1) is 19.7. The van der Waals surface area contributed by atoms with Gasteiger partial charge in [-0.2, -0.15) is 0 Å². The smallest absolute Gasteiger partial charge is 0.286 e. The molecule has 3 aromatic heterocycles. The van der Waals surface area contributed by atoms with E-state index >= 15 is 4.39 Å². The molecule has 1 amide bonds. The number of pyridine rings is 2.